The average molecular weight is 405 g/mol. The number of amides is 1. The van der Waals surface area contributed by atoms with Gasteiger partial charge in [0, 0.05) is 16.3 Å². The molecule has 0 fully saturated rings. The van der Waals surface area contributed by atoms with Crippen LogP contribution in [0.25, 0.3) is 0 Å². The van der Waals surface area contributed by atoms with Crippen LogP contribution in [0.2, 0.25) is 5.02 Å². The number of nitrogens with one attached hydrogen (secondary N) is 2. The van der Waals surface area contributed by atoms with E-state index < -0.39 is 10.0 Å². The van der Waals surface area contributed by atoms with Gasteiger partial charge < -0.3 is 9.73 Å². The number of hydrogen-bond acceptors (Lipinski definition) is 4. The van der Waals surface area contributed by atoms with Crippen LogP contribution in [0.3, 0.4) is 0 Å². The van der Waals surface area contributed by atoms with Crippen molar-refractivity contribution in [2.75, 3.05) is 5.32 Å². The first kappa shape index (κ1) is 19.2. The van der Waals surface area contributed by atoms with Crippen LogP contribution in [0.4, 0.5) is 5.69 Å². The molecule has 0 saturated heterocycles. The standard InChI is InChI=1S/C19H17ClN2O4S/c1-13-4-7-15(11-18(13)20)22-19(23)14-5-8-17(9-6-14)27(24,25)21-12-16-3-2-10-26-16/h2-11,21H,12H2,1H3,(H,22,23). The van der Waals surface area contributed by atoms with Crippen LogP contribution in [-0.4, -0.2) is 14.3 Å². The highest BCUT2D eigenvalue weighted by molar-refractivity contribution is 7.89. The summed E-state index contributed by atoms with van der Waals surface area (Å²) in [5.41, 5.74) is 1.80. The molecule has 1 heterocycles. The Morgan fingerprint density at radius 1 is 1.11 bits per heavy atom. The highest BCUT2D eigenvalue weighted by atomic mass is 35.5. The van der Waals surface area contributed by atoms with Crippen LogP contribution in [0.1, 0.15) is 21.7 Å². The molecule has 6 nitrogen and oxygen atoms in total. The first-order valence-electron chi connectivity index (χ1n) is 8.05. The Morgan fingerprint density at radius 3 is 2.48 bits per heavy atom. The number of rotatable bonds is 6. The molecule has 0 aliphatic rings. The number of anilines is 1. The Kier molecular flexibility index (Phi) is 5.65. The third-order valence-electron chi connectivity index (χ3n) is 3.87. The normalized spacial score (nSPS) is 11.3. The van der Waals surface area contributed by atoms with Crippen molar-refractivity contribution >= 4 is 33.2 Å². The van der Waals surface area contributed by atoms with Gasteiger partial charge in [-0.2, -0.15) is 0 Å². The molecule has 0 unspecified atom stereocenters. The molecular weight excluding hydrogens is 388 g/mol. The molecule has 0 aliphatic carbocycles. The van der Waals surface area contributed by atoms with E-state index >= 15 is 0 Å². The van der Waals surface area contributed by atoms with Crippen LogP contribution in [0.5, 0.6) is 0 Å². The lowest BCUT2D eigenvalue weighted by Gasteiger charge is -2.08. The average Bonchev–Trinajstić information content (AvgIpc) is 3.17. The quantitative estimate of drug-likeness (QED) is 0.650. The van der Waals surface area contributed by atoms with Gasteiger partial charge in [0.1, 0.15) is 5.76 Å². The minimum absolute atomic E-state index is 0.0474. The summed E-state index contributed by atoms with van der Waals surface area (Å²) in [5, 5.41) is 3.28. The molecule has 0 spiro atoms. The fraction of sp³-hybridized carbons (Fsp3) is 0.105. The van der Waals surface area contributed by atoms with Crippen molar-refractivity contribution in [2.45, 2.75) is 18.4 Å². The fourth-order valence-corrected chi connectivity index (χ4v) is 3.50. The Bertz CT molecular complexity index is 1050. The largest absolute Gasteiger partial charge is 0.468 e. The van der Waals surface area contributed by atoms with Crippen molar-refractivity contribution in [3.8, 4) is 0 Å². The predicted molar refractivity (Wildman–Crippen MR) is 103 cm³/mol. The Morgan fingerprint density at radius 2 is 1.85 bits per heavy atom. The summed E-state index contributed by atoms with van der Waals surface area (Å²) < 4.78 is 32.1. The second-order valence-corrected chi connectivity index (χ2v) is 8.02. The molecule has 2 aromatic carbocycles. The van der Waals surface area contributed by atoms with Gasteiger partial charge in [-0.15, -0.1) is 0 Å². The summed E-state index contributed by atoms with van der Waals surface area (Å²) in [5.74, 6) is 0.147. The maximum absolute atomic E-state index is 12.3. The molecule has 8 heteroatoms. The van der Waals surface area contributed by atoms with Gasteiger partial charge in [-0.05, 0) is 61.0 Å². The van der Waals surface area contributed by atoms with Crippen molar-refractivity contribution in [2.24, 2.45) is 0 Å². The van der Waals surface area contributed by atoms with Crippen molar-refractivity contribution in [3.63, 3.8) is 0 Å². The monoisotopic (exact) mass is 404 g/mol. The lowest BCUT2D eigenvalue weighted by molar-refractivity contribution is 0.102. The Hall–Kier alpha value is -2.61. The van der Waals surface area contributed by atoms with E-state index in [9.17, 15) is 13.2 Å². The van der Waals surface area contributed by atoms with Crippen molar-refractivity contribution < 1.29 is 17.6 Å². The van der Waals surface area contributed by atoms with Crippen LogP contribution in [0.15, 0.2) is 70.2 Å². The number of benzene rings is 2. The highest BCUT2D eigenvalue weighted by Crippen LogP contribution is 2.21. The van der Waals surface area contributed by atoms with Crippen LogP contribution in [-0.2, 0) is 16.6 Å². The molecule has 1 amide bonds. The van der Waals surface area contributed by atoms with E-state index in [4.69, 9.17) is 16.0 Å². The molecule has 27 heavy (non-hydrogen) atoms. The molecule has 140 valence electrons. The van der Waals surface area contributed by atoms with Crippen molar-refractivity contribution in [1.29, 1.82) is 0 Å². The van der Waals surface area contributed by atoms with Gasteiger partial charge in [0.2, 0.25) is 10.0 Å². The van der Waals surface area contributed by atoms with E-state index in [2.05, 4.69) is 10.0 Å². The SMILES string of the molecule is Cc1ccc(NC(=O)c2ccc(S(=O)(=O)NCc3ccco3)cc2)cc1Cl. The topological polar surface area (TPSA) is 88.4 Å². The minimum atomic E-state index is -3.71. The molecule has 2 N–H and O–H groups in total. The van der Waals surface area contributed by atoms with Gasteiger partial charge in [-0.3, -0.25) is 4.79 Å². The van der Waals surface area contributed by atoms with Gasteiger partial charge in [0.25, 0.3) is 5.91 Å². The van der Waals surface area contributed by atoms with E-state index in [0.29, 0.717) is 22.0 Å². The van der Waals surface area contributed by atoms with Crippen LogP contribution in [0, 0.1) is 6.92 Å². The summed E-state index contributed by atoms with van der Waals surface area (Å²) >= 11 is 6.05. The number of furan rings is 1. The Labute approximate surface area is 162 Å². The van der Waals surface area contributed by atoms with Crippen molar-refractivity contribution in [3.05, 3.63) is 82.8 Å². The van der Waals surface area contributed by atoms with Gasteiger partial charge in [0.15, 0.2) is 0 Å². The summed E-state index contributed by atoms with van der Waals surface area (Å²) in [6.07, 6.45) is 1.47. The van der Waals surface area contributed by atoms with E-state index in [1.165, 1.54) is 30.5 Å². The fourth-order valence-electron chi connectivity index (χ4n) is 2.32. The van der Waals surface area contributed by atoms with E-state index in [0.717, 1.165) is 5.56 Å². The summed E-state index contributed by atoms with van der Waals surface area (Å²) in [6, 6.07) is 14.2. The van der Waals surface area contributed by atoms with E-state index in [-0.39, 0.29) is 17.3 Å². The van der Waals surface area contributed by atoms with Crippen LogP contribution < -0.4 is 10.0 Å². The maximum Gasteiger partial charge on any atom is 0.255 e. The maximum atomic E-state index is 12.3. The van der Waals surface area contributed by atoms with E-state index in [1.54, 1.807) is 30.3 Å². The third kappa shape index (κ3) is 4.77. The number of sulfonamides is 1. The van der Waals surface area contributed by atoms with Gasteiger partial charge >= 0.3 is 0 Å². The molecular formula is C19H17ClN2O4S. The van der Waals surface area contributed by atoms with Gasteiger partial charge in [-0.25, -0.2) is 13.1 Å². The second kappa shape index (κ2) is 7.96. The number of carbonyl (C=O) groups is 1. The van der Waals surface area contributed by atoms with E-state index in [1.807, 2.05) is 6.92 Å². The molecule has 0 saturated carbocycles. The van der Waals surface area contributed by atoms with Crippen molar-refractivity contribution in [1.82, 2.24) is 4.72 Å². The summed E-state index contributed by atoms with van der Waals surface area (Å²) in [7, 11) is -3.71. The highest BCUT2D eigenvalue weighted by Gasteiger charge is 2.15. The molecule has 1 aromatic heterocycles. The minimum Gasteiger partial charge on any atom is -0.468 e. The molecule has 0 bridgehead atoms. The van der Waals surface area contributed by atoms with Crippen LogP contribution >= 0.6 is 11.6 Å². The number of carbonyl (C=O) groups excluding carboxylic acids is 1. The molecule has 0 radical (unpaired) electrons. The first-order chi connectivity index (χ1) is 12.8. The zero-order chi connectivity index (χ0) is 19.4. The lowest BCUT2D eigenvalue weighted by atomic mass is 10.2. The first-order valence-corrected chi connectivity index (χ1v) is 9.91. The number of halogens is 1. The number of hydrogen-bond donors (Lipinski definition) is 2. The zero-order valence-electron chi connectivity index (χ0n) is 14.4. The number of aryl methyl sites for hydroxylation is 1. The molecule has 0 aliphatic heterocycles. The lowest BCUT2D eigenvalue weighted by Crippen LogP contribution is -2.23. The van der Waals surface area contributed by atoms with Gasteiger partial charge in [0.05, 0.1) is 17.7 Å². The molecule has 3 aromatic rings. The van der Waals surface area contributed by atoms with Gasteiger partial charge in [-0.1, -0.05) is 17.7 Å². The predicted octanol–water partition coefficient (Wildman–Crippen LogP) is 3.97. The Balaban J connectivity index is 1.68. The third-order valence-corrected chi connectivity index (χ3v) is 5.70. The molecule has 3 rings (SSSR count). The second-order valence-electron chi connectivity index (χ2n) is 5.85. The summed E-state index contributed by atoms with van der Waals surface area (Å²) in [4.78, 5) is 12.4. The molecule has 0 atom stereocenters. The summed E-state index contributed by atoms with van der Waals surface area (Å²) in [6.45, 7) is 1.92. The zero-order valence-corrected chi connectivity index (χ0v) is 16.0. The smallest absolute Gasteiger partial charge is 0.255 e.